The highest BCUT2D eigenvalue weighted by molar-refractivity contribution is 5.80. The number of hydrogen-bond donors (Lipinski definition) is 0. The number of aryl methyl sites for hydroxylation is 1. The number of ether oxygens (including phenoxy) is 2. The third-order valence-electron chi connectivity index (χ3n) is 5.99. The van der Waals surface area contributed by atoms with E-state index < -0.39 is 0 Å². The summed E-state index contributed by atoms with van der Waals surface area (Å²) in [6, 6.07) is 14.4. The Bertz CT molecular complexity index is 1100. The molecule has 1 saturated heterocycles. The first-order valence-corrected chi connectivity index (χ1v) is 10.4. The summed E-state index contributed by atoms with van der Waals surface area (Å²) in [4.78, 5) is 14.6. The fraction of sp³-hybridized carbons (Fsp3) is 0.375. The predicted molar refractivity (Wildman–Crippen MR) is 112 cm³/mol. The molecule has 5 rings (SSSR count). The number of hydrogen-bond acceptors (Lipinski definition) is 5. The zero-order valence-electron chi connectivity index (χ0n) is 16.6. The van der Waals surface area contributed by atoms with Crippen LogP contribution < -0.4 is 15.1 Å². The van der Waals surface area contributed by atoms with Crippen LogP contribution in [0.2, 0.25) is 0 Å². The van der Waals surface area contributed by atoms with Crippen molar-refractivity contribution < 1.29 is 13.9 Å². The summed E-state index contributed by atoms with van der Waals surface area (Å²) in [7, 11) is 0. The van der Waals surface area contributed by atoms with E-state index in [0.29, 0.717) is 24.8 Å². The molecule has 5 nitrogen and oxygen atoms in total. The number of rotatable bonds is 4. The monoisotopic (exact) mass is 391 g/mol. The van der Waals surface area contributed by atoms with Crippen LogP contribution >= 0.6 is 0 Å². The average Bonchev–Trinajstić information content (AvgIpc) is 3.21. The Labute approximate surface area is 169 Å². The molecule has 1 atom stereocenters. The van der Waals surface area contributed by atoms with Crippen molar-refractivity contribution in [1.29, 1.82) is 0 Å². The van der Waals surface area contributed by atoms with Crippen molar-refractivity contribution in [3.63, 3.8) is 0 Å². The van der Waals surface area contributed by atoms with Gasteiger partial charge in [0.2, 0.25) is 0 Å². The molecule has 3 heterocycles. The summed E-state index contributed by atoms with van der Waals surface area (Å²) in [6.07, 6.45) is 3.15. The van der Waals surface area contributed by atoms with Crippen LogP contribution in [0, 0.1) is 0 Å². The van der Waals surface area contributed by atoms with Gasteiger partial charge in [0.25, 0.3) is 0 Å². The van der Waals surface area contributed by atoms with E-state index in [1.165, 1.54) is 11.1 Å². The van der Waals surface area contributed by atoms with Gasteiger partial charge in [-0.25, -0.2) is 4.79 Å². The largest absolute Gasteiger partial charge is 0.486 e. The predicted octanol–water partition coefficient (Wildman–Crippen LogP) is 4.46. The van der Waals surface area contributed by atoms with Gasteiger partial charge in [-0.2, -0.15) is 0 Å². The van der Waals surface area contributed by atoms with Crippen molar-refractivity contribution in [2.75, 3.05) is 19.8 Å². The Kier molecular flexibility index (Phi) is 4.76. The first-order valence-electron chi connectivity index (χ1n) is 10.4. The molecular formula is C24H25NO4. The van der Waals surface area contributed by atoms with Crippen molar-refractivity contribution in [3.8, 4) is 11.5 Å². The van der Waals surface area contributed by atoms with E-state index in [-0.39, 0.29) is 5.63 Å². The van der Waals surface area contributed by atoms with Crippen LogP contribution in [-0.2, 0) is 13.0 Å². The SMILES string of the molecule is CCc1ccc2c(CN3CCC[C@@H]3c3ccc4c(c3)OCCO4)cc(=O)oc2c1. The van der Waals surface area contributed by atoms with E-state index in [9.17, 15) is 4.79 Å². The molecule has 0 radical (unpaired) electrons. The minimum Gasteiger partial charge on any atom is -0.486 e. The van der Waals surface area contributed by atoms with Crippen LogP contribution in [0.3, 0.4) is 0 Å². The molecule has 5 heteroatoms. The van der Waals surface area contributed by atoms with Gasteiger partial charge in [-0.15, -0.1) is 0 Å². The Morgan fingerprint density at radius 1 is 1.03 bits per heavy atom. The van der Waals surface area contributed by atoms with Crippen molar-refractivity contribution in [2.45, 2.75) is 38.8 Å². The topological polar surface area (TPSA) is 51.9 Å². The lowest BCUT2D eigenvalue weighted by Gasteiger charge is -2.27. The molecule has 1 fully saturated rings. The molecule has 2 aliphatic rings. The van der Waals surface area contributed by atoms with Crippen molar-refractivity contribution in [3.05, 3.63) is 69.6 Å². The first-order chi connectivity index (χ1) is 14.2. The Balaban J connectivity index is 1.46. The summed E-state index contributed by atoms with van der Waals surface area (Å²) < 4.78 is 16.9. The molecule has 29 heavy (non-hydrogen) atoms. The first kappa shape index (κ1) is 18.3. The van der Waals surface area contributed by atoms with Gasteiger partial charge in [-0.1, -0.05) is 25.1 Å². The highest BCUT2D eigenvalue weighted by Gasteiger charge is 2.28. The van der Waals surface area contributed by atoms with Crippen molar-refractivity contribution >= 4 is 11.0 Å². The summed E-state index contributed by atoms with van der Waals surface area (Å²) in [5.41, 5.74) is 3.85. The Morgan fingerprint density at radius 2 is 1.90 bits per heavy atom. The number of likely N-dealkylation sites (tertiary alicyclic amines) is 1. The van der Waals surface area contributed by atoms with Crippen molar-refractivity contribution in [1.82, 2.24) is 4.90 Å². The fourth-order valence-corrected chi connectivity index (χ4v) is 4.50. The van der Waals surface area contributed by atoms with Crippen LogP contribution in [-0.4, -0.2) is 24.7 Å². The lowest BCUT2D eigenvalue weighted by molar-refractivity contribution is 0.170. The van der Waals surface area contributed by atoms with Gasteiger partial charge in [0.15, 0.2) is 11.5 Å². The van der Waals surface area contributed by atoms with E-state index in [0.717, 1.165) is 54.8 Å². The maximum Gasteiger partial charge on any atom is 0.336 e. The van der Waals surface area contributed by atoms with E-state index in [4.69, 9.17) is 13.9 Å². The Morgan fingerprint density at radius 3 is 2.76 bits per heavy atom. The molecule has 3 aromatic rings. The summed E-state index contributed by atoms with van der Waals surface area (Å²) in [5, 5.41) is 1.02. The quantitative estimate of drug-likeness (QED) is 0.615. The maximum atomic E-state index is 12.2. The maximum absolute atomic E-state index is 12.2. The van der Waals surface area contributed by atoms with Gasteiger partial charge in [0.05, 0.1) is 0 Å². The molecular weight excluding hydrogens is 366 g/mol. The highest BCUT2D eigenvalue weighted by atomic mass is 16.6. The van der Waals surface area contributed by atoms with E-state index in [1.54, 1.807) is 6.07 Å². The normalized spacial score (nSPS) is 19.0. The van der Waals surface area contributed by atoms with Crippen LogP contribution in [0.15, 0.2) is 51.7 Å². The summed E-state index contributed by atoms with van der Waals surface area (Å²) in [5.74, 6) is 1.65. The second kappa shape index (κ2) is 7.56. The molecule has 2 aliphatic heterocycles. The average molecular weight is 391 g/mol. The van der Waals surface area contributed by atoms with Gasteiger partial charge in [0.1, 0.15) is 18.8 Å². The van der Waals surface area contributed by atoms with E-state index >= 15 is 0 Å². The molecule has 0 unspecified atom stereocenters. The van der Waals surface area contributed by atoms with Gasteiger partial charge in [0, 0.05) is 24.0 Å². The van der Waals surface area contributed by atoms with Crippen LogP contribution in [0.4, 0.5) is 0 Å². The highest BCUT2D eigenvalue weighted by Crippen LogP contribution is 2.39. The zero-order valence-corrected chi connectivity index (χ0v) is 16.6. The van der Waals surface area contributed by atoms with Gasteiger partial charge >= 0.3 is 5.63 Å². The van der Waals surface area contributed by atoms with E-state index in [1.807, 2.05) is 12.1 Å². The number of nitrogens with zero attached hydrogens (tertiary/aromatic N) is 1. The molecule has 1 aromatic heterocycles. The lowest BCUT2D eigenvalue weighted by Crippen LogP contribution is -2.24. The van der Waals surface area contributed by atoms with Crippen LogP contribution in [0.5, 0.6) is 11.5 Å². The Hall–Kier alpha value is -2.79. The van der Waals surface area contributed by atoms with E-state index in [2.05, 4.69) is 36.1 Å². The number of fused-ring (bicyclic) bond motifs is 2. The molecule has 150 valence electrons. The zero-order chi connectivity index (χ0) is 19.8. The molecule has 0 N–H and O–H groups in total. The van der Waals surface area contributed by atoms with Gasteiger partial charge in [-0.3, -0.25) is 4.90 Å². The van der Waals surface area contributed by atoms with Crippen LogP contribution in [0.25, 0.3) is 11.0 Å². The molecule has 0 spiro atoms. The van der Waals surface area contributed by atoms with Gasteiger partial charge in [-0.05, 0) is 60.7 Å². The molecule has 0 saturated carbocycles. The smallest absolute Gasteiger partial charge is 0.336 e. The molecule has 0 amide bonds. The van der Waals surface area contributed by atoms with Gasteiger partial charge < -0.3 is 13.9 Å². The molecule has 2 aromatic carbocycles. The standard InChI is InChI=1S/C24H25NO4/c1-2-16-5-7-19-18(14-24(26)29-22(19)12-16)15-25-9-3-4-20(25)17-6-8-21-23(13-17)28-11-10-27-21/h5-8,12-14,20H,2-4,9-11,15H2,1H3/t20-/m1/s1. The second-order valence-electron chi connectivity index (χ2n) is 7.81. The minimum atomic E-state index is -0.282. The van der Waals surface area contributed by atoms with Crippen molar-refractivity contribution in [2.24, 2.45) is 0 Å². The second-order valence-corrected chi connectivity index (χ2v) is 7.81. The fourth-order valence-electron chi connectivity index (χ4n) is 4.50. The lowest BCUT2D eigenvalue weighted by atomic mass is 10.0. The minimum absolute atomic E-state index is 0.282. The summed E-state index contributed by atoms with van der Waals surface area (Å²) in [6.45, 7) is 5.04. The number of benzene rings is 2. The van der Waals surface area contributed by atoms with Crippen LogP contribution in [0.1, 0.15) is 42.5 Å². The molecule has 0 aliphatic carbocycles. The molecule has 0 bridgehead atoms. The summed E-state index contributed by atoms with van der Waals surface area (Å²) >= 11 is 0. The third kappa shape index (κ3) is 3.51. The third-order valence-corrected chi connectivity index (χ3v) is 5.99.